The molecule has 1 unspecified atom stereocenters. The van der Waals surface area contributed by atoms with E-state index in [0.717, 1.165) is 0 Å². The molecular formula is C18H18ClNO3. The van der Waals surface area contributed by atoms with Crippen LogP contribution in [0, 0.1) is 0 Å². The van der Waals surface area contributed by atoms with Gasteiger partial charge in [-0.3, -0.25) is 4.79 Å². The Morgan fingerprint density at radius 1 is 1.26 bits per heavy atom. The molecule has 23 heavy (non-hydrogen) atoms. The van der Waals surface area contributed by atoms with Crippen molar-refractivity contribution in [3.63, 3.8) is 0 Å². The van der Waals surface area contributed by atoms with Gasteiger partial charge in [-0.15, -0.1) is 0 Å². The third kappa shape index (κ3) is 5.04. The zero-order chi connectivity index (χ0) is 16.7. The lowest BCUT2D eigenvalue weighted by atomic mass is 10.2. The number of amides is 1. The van der Waals surface area contributed by atoms with Gasteiger partial charge in [-0.1, -0.05) is 36.4 Å². The van der Waals surface area contributed by atoms with Gasteiger partial charge in [-0.05, 0) is 43.3 Å². The number of para-hydroxylation sites is 2. The number of rotatable bonds is 7. The number of halogens is 1. The van der Waals surface area contributed by atoms with E-state index in [1.807, 2.05) is 12.1 Å². The van der Waals surface area contributed by atoms with E-state index in [1.54, 1.807) is 49.4 Å². The number of benzene rings is 2. The van der Waals surface area contributed by atoms with Crippen molar-refractivity contribution in [1.29, 1.82) is 0 Å². The standard InChI is InChI=1S/C18H18ClNO3/c1-3-12-22-17-7-5-4-6-16(17)20-18(21)13(2)23-15-10-8-14(19)9-11-15/h3-11,13H,1,12H2,2H3,(H,20,21). The molecular weight excluding hydrogens is 314 g/mol. The third-order valence-corrected chi connectivity index (χ3v) is 3.25. The molecule has 0 aromatic heterocycles. The fourth-order valence-corrected chi connectivity index (χ4v) is 1.98. The van der Waals surface area contributed by atoms with Crippen LogP contribution in [0.25, 0.3) is 0 Å². The first-order chi connectivity index (χ1) is 11.1. The molecule has 5 heteroatoms. The minimum Gasteiger partial charge on any atom is -0.487 e. The van der Waals surface area contributed by atoms with Gasteiger partial charge in [0.2, 0.25) is 0 Å². The third-order valence-electron chi connectivity index (χ3n) is 3.00. The minimum absolute atomic E-state index is 0.269. The molecule has 0 saturated carbocycles. The van der Waals surface area contributed by atoms with Gasteiger partial charge in [0.1, 0.15) is 18.1 Å². The lowest BCUT2D eigenvalue weighted by Crippen LogP contribution is -2.30. The first-order valence-electron chi connectivity index (χ1n) is 7.16. The molecule has 0 aliphatic carbocycles. The molecule has 120 valence electrons. The summed E-state index contributed by atoms with van der Waals surface area (Å²) in [5.41, 5.74) is 0.589. The molecule has 0 bridgehead atoms. The lowest BCUT2D eigenvalue weighted by Gasteiger charge is -2.16. The molecule has 2 rings (SSSR count). The van der Waals surface area contributed by atoms with Gasteiger partial charge in [0, 0.05) is 5.02 Å². The summed E-state index contributed by atoms with van der Waals surface area (Å²) in [5.74, 6) is 0.891. The van der Waals surface area contributed by atoms with Crippen molar-refractivity contribution < 1.29 is 14.3 Å². The van der Waals surface area contributed by atoms with Crippen molar-refractivity contribution >= 4 is 23.2 Å². The van der Waals surface area contributed by atoms with E-state index in [1.165, 1.54) is 0 Å². The van der Waals surface area contributed by atoms with Crippen LogP contribution in [0.3, 0.4) is 0 Å². The summed E-state index contributed by atoms with van der Waals surface area (Å²) >= 11 is 5.82. The van der Waals surface area contributed by atoms with Crippen LogP contribution in [0.5, 0.6) is 11.5 Å². The van der Waals surface area contributed by atoms with Crippen molar-refractivity contribution in [1.82, 2.24) is 0 Å². The average molecular weight is 332 g/mol. The number of hydrogen-bond acceptors (Lipinski definition) is 3. The second-order valence-corrected chi connectivity index (χ2v) is 5.24. The number of carbonyl (C=O) groups is 1. The van der Waals surface area contributed by atoms with Crippen LogP contribution >= 0.6 is 11.6 Å². The van der Waals surface area contributed by atoms with Crippen LogP contribution < -0.4 is 14.8 Å². The Labute approximate surface area is 140 Å². The molecule has 1 N–H and O–H groups in total. The highest BCUT2D eigenvalue weighted by Crippen LogP contribution is 2.24. The summed E-state index contributed by atoms with van der Waals surface area (Å²) in [5, 5.41) is 3.42. The molecule has 2 aromatic carbocycles. The normalized spacial score (nSPS) is 11.4. The summed E-state index contributed by atoms with van der Waals surface area (Å²) in [6, 6.07) is 14.1. The van der Waals surface area contributed by atoms with Crippen LogP contribution in [0.4, 0.5) is 5.69 Å². The molecule has 0 heterocycles. The molecule has 4 nitrogen and oxygen atoms in total. The second kappa shape index (κ2) is 8.25. The number of anilines is 1. The quantitative estimate of drug-likeness (QED) is 0.769. The average Bonchev–Trinajstić information content (AvgIpc) is 2.56. The predicted octanol–water partition coefficient (Wildman–Crippen LogP) is 4.31. The van der Waals surface area contributed by atoms with Gasteiger partial charge < -0.3 is 14.8 Å². The largest absolute Gasteiger partial charge is 0.487 e. The highest BCUT2D eigenvalue weighted by atomic mass is 35.5. The predicted molar refractivity (Wildman–Crippen MR) is 92.3 cm³/mol. The van der Waals surface area contributed by atoms with Gasteiger partial charge in [0.25, 0.3) is 5.91 Å². The summed E-state index contributed by atoms with van der Waals surface area (Å²) < 4.78 is 11.1. The Kier molecular flexibility index (Phi) is 6.06. The fraction of sp³-hybridized carbons (Fsp3) is 0.167. The molecule has 0 saturated heterocycles. The Bertz CT molecular complexity index is 670. The maximum absolute atomic E-state index is 12.3. The van der Waals surface area contributed by atoms with Gasteiger partial charge >= 0.3 is 0 Å². The Hall–Kier alpha value is -2.46. The smallest absolute Gasteiger partial charge is 0.265 e. The van der Waals surface area contributed by atoms with Crippen molar-refractivity contribution in [2.75, 3.05) is 11.9 Å². The Morgan fingerprint density at radius 3 is 2.65 bits per heavy atom. The summed E-state index contributed by atoms with van der Waals surface area (Å²) in [6.07, 6.45) is 0.980. The van der Waals surface area contributed by atoms with Crippen molar-refractivity contribution in [2.45, 2.75) is 13.0 Å². The number of carbonyl (C=O) groups excluding carboxylic acids is 1. The van der Waals surface area contributed by atoms with Gasteiger partial charge in [-0.25, -0.2) is 0 Å². The molecule has 0 spiro atoms. The van der Waals surface area contributed by atoms with E-state index in [0.29, 0.717) is 28.8 Å². The van der Waals surface area contributed by atoms with Crippen LogP contribution in [-0.2, 0) is 4.79 Å². The molecule has 0 aliphatic heterocycles. The first-order valence-corrected chi connectivity index (χ1v) is 7.53. The lowest BCUT2D eigenvalue weighted by molar-refractivity contribution is -0.122. The van der Waals surface area contributed by atoms with Crippen LogP contribution in [0.1, 0.15) is 6.92 Å². The Balaban J connectivity index is 2.00. The summed E-state index contributed by atoms with van der Waals surface area (Å²) in [7, 11) is 0. The number of nitrogens with one attached hydrogen (secondary N) is 1. The van der Waals surface area contributed by atoms with Crippen LogP contribution in [-0.4, -0.2) is 18.6 Å². The van der Waals surface area contributed by atoms with Gasteiger partial charge in [0.15, 0.2) is 6.10 Å². The van der Waals surface area contributed by atoms with Crippen LogP contribution in [0.2, 0.25) is 5.02 Å². The molecule has 2 aromatic rings. The zero-order valence-corrected chi connectivity index (χ0v) is 13.5. The maximum Gasteiger partial charge on any atom is 0.265 e. The minimum atomic E-state index is -0.663. The second-order valence-electron chi connectivity index (χ2n) is 4.80. The van der Waals surface area contributed by atoms with E-state index >= 15 is 0 Å². The summed E-state index contributed by atoms with van der Waals surface area (Å²) in [6.45, 7) is 5.65. The van der Waals surface area contributed by atoms with Crippen molar-refractivity contribution in [3.8, 4) is 11.5 Å². The molecule has 1 atom stereocenters. The topological polar surface area (TPSA) is 47.6 Å². The molecule has 0 radical (unpaired) electrons. The van der Waals surface area contributed by atoms with Gasteiger partial charge in [-0.2, -0.15) is 0 Å². The summed E-state index contributed by atoms with van der Waals surface area (Å²) in [4.78, 5) is 12.3. The van der Waals surface area contributed by atoms with E-state index < -0.39 is 6.10 Å². The number of hydrogen-bond donors (Lipinski definition) is 1. The fourth-order valence-electron chi connectivity index (χ4n) is 1.85. The van der Waals surface area contributed by atoms with E-state index in [4.69, 9.17) is 21.1 Å². The Morgan fingerprint density at radius 2 is 1.96 bits per heavy atom. The highest BCUT2D eigenvalue weighted by molar-refractivity contribution is 6.30. The van der Waals surface area contributed by atoms with E-state index in [9.17, 15) is 4.79 Å². The van der Waals surface area contributed by atoms with E-state index in [-0.39, 0.29) is 5.91 Å². The highest BCUT2D eigenvalue weighted by Gasteiger charge is 2.16. The SMILES string of the molecule is C=CCOc1ccccc1NC(=O)C(C)Oc1ccc(Cl)cc1. The van der Waals surface area contributed by atoms with Crippen molar-refractivity contribution in [3.05, 3.63) is 66.2 Å². The van der Waals surface area contributed by atoms with Crippen LogP contribution in [0.15, 0.2) is 61.2 Å². The van der Waals surface area contributed by atoms with Crippen molar-refractivity contribution in [2.24, 2.45) is 0 Å². The molecule has 0 fully saturated rings. The van der Waals surface area contributed by atoms with E-state index in [2.05, 4.69) is 11.9 Å². The monoisotopic (exact) mass is 331 g/mol. The number of ether oxygens (including phenoxy) is 2. The maximum atomic E-state index is 12.3. The first kappa shape index (κ1) is 16.9. The zero-order valence-electron chi connectivity index (χ0n) is 12.8. The molecule has 1 amide bonds. The molecule has 0 aliphatic rings. The van der Waals surface area contributed by atoms with Gasteiger partial charge in [0.05, 0.1) is 5.69 Å².